The summed E-state index contributed by atoms with van der Waals surface area (Å²) in [4.78, 5) is 31.4. The quantitative estimate of drug-likeness (QED) is 0.547. The molecule has 1 saturated carbocycles. The molecule has 8 heteroatoms. The van der Waals surface area contributed by atoms with Crippen LogP contribution in [0.4, 0.5) is 5.82 Å². The Labute approximate surface area is 186 Å². The summed E-state index contributed by atoms with van der Waals surface area (Å²) in [7, 11) is 0. The third-order valence-corrected chi connectivity index (χ3v) is 8.01. The van der Waals surface area contributed by atoms with Gasteiger partial charge in [-0.3, -0.25) is 19.4 Å². The summed E-state index contributed by atoms with van der Waals surface area (Å²) in [5.74, 6) is 0.0805. The second-order valence-corrected chi connectivity index (χ2v) is 9.86. The normalized spacial score (nSPS) is 27.3. The lowest BCUT2D eigenvalue weighted by atomic mass is 9.77. The van der Waals surface area contributed by atoms with Gasteiger partial charge in [0.05, 0.1) is 10.6 Å². The molecule has 2 aromatic rings. The van der Waals surface area contributed by atoms with Crippen molar-refractivity contribution in [2.75, 3.05) is 44.2 Å². The minimum atomic E-state index is -1.43. The van der Waals surface area contributed by atoms with Crippen molar-refractivity contribution in [3.05, 3.63) is 24.3 Å². The largest absolute Gasteiger partial charge is 0.379 e. The number of imide groups is 1. The molecule has 2 atom stereocenters. The molecule has 1 N–H and O–H groups in total. The van der Waals surface area contributed by atoms with Crippen molar-refractivity contribution in [1.29, 1.82) is 0 Å². The molecule has 0 radical (unpaired) electrons. The van der Waals surface area contributed by atoms with Crippen LogP contribution in [0.1, 0.15) is 38.5 Å². The first-order valence-electron chi connectivity index (χ1n) is 11.5. The second kappa shape index (κ2) is 8.48. The van der Waals surface area contributed by atoms with Crippen LogP contribution in [-0.2, 0) is 9.59 Å². The molecule has 5 rings (SSSR count). The average molecular weight is 443 g/mol. The molecule has 0 bridgehead atoms. The summed E-state index contributed by atoms with van der Waals surface area (Å²) in [6.45, 7) is 5.32. The van der Waals surface area contributed by atoms with Gasteiger partial charge < -0.3 is 10.0 Å². The number of piperazine rings is 1. The maximum absolute atomic E-state index is 12.6. The minimum absolute atomic E-state index is 0.156. The molecule has 166 valence electrons. The van der Waals surface area contributed by atoms with E-state index in [1.807, 2.05) is 0 Å². The zero-order valence-electron chi connectivity index (χ0n) is 17.8. The monoisotopic (exact) mass is 442 g/mol. The summed E-state index contributed by atoms with van der Waals surface area (Å²) in [5, 5.41) is 12.0. The zero-order valence-corrected chi connectivity index (χ0v) is 18.6. The molecule has 1 aromatic heterocycles. The second-order valence-electron chi connectivity index (χ2n) is 9.06. The summed E-state index contributed by atoms with van der Waals surface area (Å²) < 4.78 is 5.91. The Morgan fingerprint density at radius 3 is 2.65 bits per heavy atom. The molecule has 2 aliphatic heterocycles. The third-order valence-electron chi connectivity index (χ3n) is 7.19. The van der Waals surface area contributed by atoms with E-state index >= 15 is 0 Å². The van der Waals surface area contributed by atoms with Gasteiger partial charge in [-0.2, -0.15) is 4.37 Å². The van der Waals surface area contributed by atoms with Gasteiger partial charge in [-0.1, -0.05) is 18.6 Å². The average Bonchev–Trinajstić information content (AvgIpc) is 3.30. The molecule has 2 saturated heterocycles. The van der Waals surface area contributed by atoms with Crippen molar-refractivity contribution >= 4 is 39.3 Å². The number of likely N-dealkylation sites (tertiary alicyclic amines) is 1. The van der Waals surface area contributed by atoms with Crippen molar-refractivity contribution < 1.29 is 14.7 Å². The molecule has 2 amide bonds. The smallest absolute Gasteiger partial charge is 0.261 e. The van der Waals surface area contributed by atoms with Gasteiger partial charge in [0.1, 0.15) is 5.82 Å². The molecule has 3 heterocycles. The first-order valence-corrected chi connectivity index (χ1v) is 12.3. The summed E-state index contributed by atoms with van der Waals surface area (Å²) in [6, 6.07) is 8.39. The predicted octanol–water partition coefficient (Wildman–Crippen LogP) is 2.49. The van der Waals surface area contributed by atoms with E-state index in [1.54, 1.807) is 11.5 Å². The number of carbonyl (C=O) groups excluding carboxylic acids is 2. The lowest BCUT2D eigenvalue weighted by molar-refractivity contribution is -0.148. The number of rotatable bonds is 6. The van der Waals surface area contributed by atoms with Gasteiger partial charge in [0, 0.05) is 38.1 Å². The molecular weight excluding hydrogens is 412 g/mol. The summed E-state index contributed by atoms with van der Waals surface area (Å²) >= 11 is 1.56. The van der Waals surface area contributed by atoms with Crippen LogP contribution in [0, 0.1) is 5.92 Å². The molecule has 1 aliphatic carbocycles. The van der Waals surface area contributed by atoms with Crippen molar-refractivity contribution in [2.45, 2.75) is 44.1 Å². The van der Waals surface area contributed by atoms with Gasteiger partial charge >= 0.3 is 0 Å². The Balaban J connectivity index is 1.08. The van der Waals surface area contributed by atoms with Crippen LogP contribution in [0.2, 0.25) is 0 Å². The number of nitrogens with zero attached hydrogens (tertiary/aromatic N) is 4. The van der Waals surface area contributed by atoms with E-state index < -0.39 is 11.5 Å². The van der Waals surface area contributed by atoms with Gasteiger partial charge in [0.15, 0.2) is 5.60 Å². The van der Waals surface area contributed by atoms with Gasteiger partial charge in [0.2, 0.25) is 5.91 Å². The minimum Gasteiger partial charge on any atom is -0.379 e. The van der Waals surface area contributed by atoms with E-state index in [-0.39, 0.29) is 11.8 Å². The lowest BCUT2D eigenvalue weighted by Gasteiger charge is -2.35. The van der Waals surface area contributed by atoms with Crippen molar-refractivity contribution in [1.82, 2.24) is 14.2 Å². The topological polar surface area (TPSA) is 77.0 Å². The van der Waals surface area contributed by atoms with E-state index in [0.717, 1.165) is 64.2 Å². The van der Waals surface area contributed by atoms with Crippen molar-refractivity contribution in [2.24, 2.45) is 5.92 Å². The number of hydrogen-bond acceptors (Lipinski definition) is 7. The highest BCUT2D eigenvalue weighted by Gasteiger charge is 2.58. The molecular formula is C23H30N4O3S. The predicted molar refractivity (Wildman–Crippen MR) is 121 cm³/mol. The Kier molecular flexibility index (Phi) is 5.71. The number of aliphatic hydroxyl groups is 1. The van der Waals surface area contributed by atoms with Crippen LogP contribution in [0.25, 0.3) is 10.1 Å². The summed E-state index contributed by atoms with van der Waals surface area (Å²) in [6.07, 6.45) is 4.54. The fraction of sp³-hybridized carbons (Fsp3) is 0.609. The van der Waals surface area contributed by atoms with Crippen LogP contribution in [0.3, 0.4) is 0 Å². The maximum Gasteiger partial charge on any atom is 0.261 e. The van der Waals surface area contributed by atoms with Crippen LogP contribution in [0.15, 0.2) is 24.3 Å². The van der Waals surface area contributed by atoms with E-state index in [0.29, 0.717) is 19.4 Å². The Hall–Kier alpha value is -2.03. The first kappa shape index (κ1) is 20.8. The van der Waals surface area contributed by atoms with Gasteiger partial charge in [-0.25, -0.2) is 0 Å². The Morgan fingerprint density at radius 1 is 1.06 bits per heavy atom. The number of benzene rings is 1. The van der Waals surface area contributed by atoms with E-state index in [9.17, 15) is 14.7 Å². The number of anilines is 1. The number of unbranched alkanes of at least 4 members (excludes halogenated alkanes) is 1. The van der Waals surface area contributed by atoms with Crippen LogP contribution >= 0.6 is 11.5 Å². The van der Waals surface area contributed by atoms with Gasteiger partial charge in [-0.15, -0.1) is 0 Å². The van der Waals surface area contributed by atoms with Crippen molar-refractivity contribution in [3.63, 3.8) is 0 Å². The van der Waals surface area contributed by atoms with Gasteiger partial charge in [0.25, 0.3) is 5.91 Å². The fourth-order valence-corrected chi connectivity index (χ4v) is 6.16. The van der Waals surface area contributed by atoms with Crippen LogP contribution in [0.5, 0.6) is 0 Å². The highest BCUT2D eigenvalue weighted by Crippen LogP contribution is 2.41. The number of amides is 2. The number of hydrogen-bond donors (Lipinski definition) is 1. The SMILES string of the molecule is O=C1[C@@H]2CCCC[C@]2(O)C(=O)N1CCCCN1CCN(c2nsc3ccccc23)CC1. The lowest BCUT2D eigenvalue weighted by Crippen LogP contribution is -2.47. The van der Waals surface area contributed by atoms with E-state index in [4.69, 9.17) is 0 Å². The van der Waals surface area contributed by atoms with Crippen LogP contribution < -0.4 is 4.90 Å². The fourth-order valence-electron chi connectivity index (χ4n) is 5.36. The van der Waals surface area contributed by atoms with E-state index in [1.165, 1.54) is 15.0 Å². The summed E-state index contributed by atoms with van der Waals surface area (Å²) in [5.41, 5.74) is -1.43. The standard InChI is InChI=1S/C23H30N4O3S/c28-21-18-8-3-4-10-23(18,30)22(29)27(21)12-6-5-11-25-13-15-26(16-14-25)20-17-7-1-2-9-19(17)31-24-20/h1-2,7,9,18,30H,3-6,8,10-16H2/t18-,23+/m0/s1. The van der Waals surface area contributed by atoms with E-state index in [2.05, 4.69) is 38.4 Å². The molecule has 0 spiro atoms. The number of fused-ring (bicyclic) bond motifs is 2. The van der Waals surface area contributed by atoms with Crippen molar-refractivity contribution in [3.8, 4) is 0 Å². The molecule has 3 fully saturated rings. The Morgan fingerprint density at radius 2 is 1.84 bits per heavy atom. The Bertz CT molecular complexity index is 971. The third kappa shape index (κ3) is 3.75. The van der Waals surface area contributed by atoms with Gasteiger partial charge in [-0.05, 0) is 62.3 Å². The maximum atomic E-state index is 12.6. The first-order chi connectivity index (χ1) is 15.1. The highest BCUT2D eigenvalue weighted by molar-refractivity contribution is 7.13. The molecule has 0 unspecified atom stereocenters. The van der Waals surface area contributed by atoms with Crippen LogP contribution in [-0.4, -0.2) is 76.0 Å². The highest BCUT2D eigenvalue weighted by atomic mass is 32.1. The molecule has 3 aliphatic rings. The molecule has 1 aromatic carbocycles. The molecule has 7 nitrogen and oxygen atoms in total. The zero-order chi connectivity index (χ0) is 21.4. The molecule has 31 heavy (non-hydrogen) atoms. The number of aromatic nitrogens is 1. The number of carbonyl (C=O) groups is 2.